The molecule has 0 atom stereocenters. The predicted octanol–water partition coefficient (Wildman–Crippen LogP) is 0.0492. The van der Waals surface area contributed by atoms with Crippen molar-refractivity contribution in [3.63, 3.8) is 0 Å². The maximum Gasteiger partial charge on any atom is 0.300 e. The smallest absolute Gasteiger partial charge is 0.300 e. The fourth-order valence-electron chi connectivity index (χ4n) is 2.10. The number of nitrogens with two attached hydrogens (primary N) is 1. The average molecular weight is 287 g/mol. The van der Waals surface area contributed by atoms with Gasteiger partial charge in [0, 0.05) is 12.4 Å². The van der Waals surface area contributed by atoms with Crippen molar-refractivity contribution in [3.05, 3.63) is 58.2 Å². The van der Waals surface area contributed by atoms with Crippen molar-refractivity contribution >= 4 is 11.4 Å². The number of carbonyl (C=O) groups is 1. The van der Waals surface area contributed by atoms with Gasteiger partial charge in [0.05, 0.1) is 12.2 Å². The number of nitrogen functional groups attached to an aromatic ring is 1. The maximum atomic E-state index is 12.3. The number of furan rings is 1. The average Bonchev–Trinajstić information content (AvgIpc) is 3.07. The van der Waals surface area contributed by atoms with E-state index in [-0.39, 0.29) is 17.9 Å². The van der Waals surface area contributed by atoms with Gasteiger partial charge in [0.25, 0.3) is 5.56 Å². The lowest BCUT2D eigenvalue weighted by Crippen LogP contribution is -2.29. The van der Waals surface area contributed by atoms with E-state index in [9.17, 15) is 9.59 Å². The molecule has 0 aliphatic rings. The minimum Gasteiger partial charge on any atom is -0.454 e. The van der Waals surface area contributed by atoms with Crippen molar-refractivity contribution in [2.24, 2.45) is 5.84 Å². The molecule has 0 aromatic carbocycles. The molecule has 0 bridgehead atoms. The Kier molecular flexibility index (Phi) is 3.07. The highest BCUT2D eigenvalue weighted by molar-refractivity contribution is 5.90. The lowest BCUT2D eigenvalue weighted by molar-refractivity contribution is 0.0924. The van der Waals surface area contributed by atoms with E-state index < -0.39 is 5.91 Å². The SMILES string of the molecule is Cc1cc2c(=O)n(Cc3ccc(C(=O)NN)o3)ccn2n1. The van der Waals surface area contributed by atoms with Crippen LogP contribution in [0.25, 0.3) is 5.52 Å². The third-order valence-electron chi connectivity index (χ3n) is 3.07. The van der Waals surface area contributed by atoms with Crippen LogP contribution < -0.4 is 16.8 Å². The van der Waals surface area contributed by atoms with Crippen LogP contribution in [-0.4, -0.2) is 20.1 Å². The van der Waals surface area contributed by atoms with E-state index in [0.29, 0.717) is 11.3 Å². The van der Waals surface area contributed by atoms with Crippen LogP contribution >= 0.6 is 0 Å². The number of hydrogen-bond donors (Lipinski definition) is 2. The number of aromatic nitrogens is 3. The Morgan fingerprint density at radius 1 is 1.43 bits per heavy atom. The van der Waals surface area contributed by atoms with E-state index in [2.05, 4.69) is 5.10 Å². The summed E-state index contributed by atoms with van der Waals surface area (Å²) in [5, 5.41) is 4.17. The molecule has 0 saturated heterocycles. The largest absolute Gasteiger partial charge is 0.454 e. The van der Waals surface area contributed by atoms with Gasteiger partial charge in [0.15, 0.2) is 5.76 Å². The maximum absolute atomic E-state index is 12.3. The molecule has 3 N–H and O–H groups in total. The highest BCUT2D eigenvalue weighted by atomic mass is 16.4. The highest BCUT2D eigenvalue weighted by Crippen LogP contribution is 2.09. The quantitative estimate of drug-likeness (QED) is 0.402. The molecule has 8 heteroatoms. The zero-order valence-electron chi connectivity index (χ0n) is 11.2. The van der Waals surface area contributed by atoms with E-state index in [1.54, 1.807) is 24.5 Å². The van der Waals surface area contributed by atoms with Gasteiger partial charge in [-0.2, -0.15) is 5.10 Å². The van der Waals surface area contributed by atoms with E-state index in [1.165, 1.54) is 15.1 Å². The molecule has 0 spiro atoms. The number of nitrogens with one attached hydrogen (secondary N) is 1. The van der Waals surface area contributed by atoms with Gasteiger partial charge in [-0.25, -0.2) is 10.4 Å². The Morgan fingerprint density at radius 2 is 2.24 bits per heavy atom. The number of rotatable bonds is 3. The van der Waals surface area contributed by atoms with Gasteiger partial charge >= 0.3 is 5.91 Å². The molecule has 0 fully saturated rings. The Bertz CT molecular complexity index is 873. The van der Waals surface area contributed by atoms with Crippen molar-refractivity contribution < 1.29 is 9.21 Å². The van der Waals surface area contributed by atoms with Crippen molar-refractivity contribution in [2.75, 3.05) is 0 Å². The Balaban J connectivity index is 1.94. The topological polar surface area (TPSA) is 108 Å². The van der Waals surface area contributed by atoms with Crippen molar-refractivity contribution in [1.29, 1.82) is 0 Å². The second-order valence-electron chi connectivity index (χ2n) is 4.59. The Labute approximate surface area is 118 Å². The summed E-state index contributed by atoms with van der Waals surface area (Å²) in [5.41, 5.74) is 3.06. The number of fused-ring (bicyclic) bond motifs is 1. The number of hydrazine groups is 1. The van der Waals surface area contributed by atoms with Gasteiger partial charge in [0.1, 0.15) is 11.3 Å². The summed E-state index contributed by atoms with van der Waals surface area (Å²) in [5.74, 6) is 5.09. The summed E-state index contributed by atoms with van der Waals surface area (Å²) in [4.78, 5) is 23.6. The summed E-state index contributed by atoms with van der Waals surface area (Å²) in [7, 11) is 0. The summed E-state index contributed by atoms with van der Waals surface area (Å²) >= 11 is 0. The third-order valence-corrected chi connectivity index (χ3v) is 3.07. The van der Waals surface area contributed by atoms with Gasteiger partial charge < -0.3 is 8.98 Å². The van der Waals surface area contributed by atoms with E-state index in [4.69, 9.17) is 10.3 Å². The van der Waals surface area contributed by atoms with Crippen molar-refractivity contribution in [1.82, 2.24) is 19.6 Å². The van der Waals surface area contributed by atoms with Gasteiger partial charge in [-0.3, -0.25) is 15.0 Å². The van der Waals surface area contributed by atoms with Crippen LogP contribution in [0.2, 0.25) is 0 Å². The Hall–Kier alpha value is -2.87. The fraction of sp³-hybridized carbons (Fsp3) is 0.154. The second-order valence-corrected chi connectivity index (χ2v) is 4.59. The van der Waals surface area contributed by atoms with Crippen LogP contribution in [-0.2, 0) is 6.54 Å². The van der Waals surface area contributed by atoms with Crippen molar-refractivity contribution in [3.8, 4) is 0 Å². The zero-order valence-corrected chi connectivity index (χ0v) is 11.2. The molecule has 0 saturated carbocycles. The number of hydrogen-bond acceptors (Lipinski definition) is 5. The molecule has 3 heterocycles. The number of amides is 1. The number of carbonyl (C=O) groups excluding carboxylic acids is 1. The lowest BCUT2D eigenvalue weighted by atomic mass is 10.4. The zero-order chi connectivity index (χ0) is 15.0. The first kappa shape index (κ1) is 13.1. The third kappa shape index (κ3) is 2.32. The molecule has 21 heavy (non-hydrogen) atoms. The van der Waals surface area contributed by atoms with Crippen LogP contribution in [0.5, 0.6) is 0 Å². The van der Waals surface area contributed by atoms with Crippen LogP contribution in [0.15, 0.2) is 39.8 Å². The molecule has 1 amide bonds. The molecular formula is C13H13N5O3. The lowest BCUT2D eigenvalue weighted by Gasteiger charge is -2.03. The van der Waals surface area contributed by atoms with Crippen LogP contribution in [0.3, 0.4) is 0 Å². The van der Waals surface area contributed by atoms with Gasteiger partial charge in [-0.05, 0) is 25.1 Å². The van der Waals surface area contributed by atoms with Crippen LogP contribution in [0.1, 0.15) is 22.0 Å². The summed E-state index contributed by atoms with van der Waals surface area (Å²) in [6.45, 7) is 2.04. The standard InChI is InChI=1S/C13H13N5O3/c1-8-6-10-13(20)17(4-5-18(10)16-8)7-9-2-3-11(21-9)12(19)15-14/h2-6H,7,14H2,1H3,(H,15,19). The number of nitrogens with zero attached hydrogens (tertiary/aromatic N) is 3. The first-order chi connectivity index (χ1) is 10.1. The normalized spacial score (nSPS) is 11.0. The summed E-state index contributed by atoms with van der Waals surface area (Å²) in [6, 6.07) is 4.85. The first-order valence-electron chi connectivity index (χ1n) is 6.23. The van der Waals surface area contributed by atoms with Gasteiger partial charge in [-0.15, -0.1) is 0 Å². The minimum absolute atomic E-state index is 0.0989. The van der Waals surface area contributed by atoms with E-state index in [0.717, 1.165) is 5.69 Å². The molecule has 0 radical (unpaired) electrons. The van der Waals surface area contributed by atoms with Crippen LogP contribution in [0.4, 0.5) is 0 Å². The molecule has 3 rings (SSSR count). The molecule has 0 aliphatic carbocycles. The number of aryl methyl sites for hydroxylation is 1. The molecule has 3 aromatic rings. The van der Waals surface area contributed by atoms with Gasteiger partial charge in [0.2, 0.25) is 0 Å². The molecule has 3 aromatic heterocycles. The molecule has 108 valence electrons. The summed E-state index contributed by atoms with van der Waals surface area (Å²) < 4.78 is 8.36. The first-order valence-corrected chi connectivity index (χ1v) is 6.23. The van der Waals surface area contributed by atoms with Gasteiger partial charge in [-0.1, -0.05) is 0 Å². The summed E-state index contributed by atoms with van der Waals surface area (Å²) in [6.07, 6.45) is 3.31. The molecule has 0 aliphatic heterocycles. The highest BCUT2D eigenvalue weighted by Gasteiger charge is 2.11. The second kappa shape index (κ2) is 4.91. The molecular weight excluding hydrogens is 274 g/mol. The fourth-order valence-corrected chi connectivity index (χ4v) is 2.10. The Morgan fingerprint density at radius 3 is 3.00 bits per heavy atom. The monoisotopic (exact) mass is 287 g/mol. The molecule has 0 unspecified atom stereocenters. The molecule has 8 nitrogen and oxygen atoms in total. The van der Waals surface area contributed by atoms with Crippen molar-refractivity contribution in [2.45, 2.75) is 13.5 Å². The van der Waals surface area contributed by atoms with E-state index in [1.807, 2.05) is 12.3 Å². The predicted molar refractivity (Wildman–Crippen MR) is 73.7 cm³/mol. The van der Waals surface area contributed by atoms with Crippen LogP contribution in [0, 0.1) is 6.92 Å². The minimum atomic E-state index is -0.518. The van der Waals surface area contributed by atoms with E-state index >= 15 is 0 Å².